The van der Waals surface area contributed by atoms with Gasteiger partial charge in [0.1, 0.15) is 18.3 Å². The van der Waals surface area contributed by atoms with Crippen LogP contribution in [0.25, 0.3) is 0 Å². The SMILES string of the molecule is CCC[C@@H](O)[C@@H](O)[C@@H](O)[C@H](O)[C@@H](O)CCCCO. The highest BCUT2D eigenvalue weighted by Gasteiger charge is 2.33. The molecule has 0 bridgehead atoms. The van der Waals surface area contributed by atoms with Crippen molar-refractivity contribution in [1.82, 2.24) is 0 Å². The molecule has 18 heavy (non-hydrogen) atoms. The minimum atomic E-state index is -1.59. The Kier molecular flexibility index (Phi) is 9.53. The van der Waals surface area contributed by atoms with E-state index >= 15 is 0 Å². The van der Waals surface area contributed by atoms with Gasteiger partial charge < -0.3 is 30.6 Å². The molecule has 0 amide bonds. The lowest BCUT2D eigenvalue weighted by atomic mass is 9.95. The van der Waals surface area contributed by atoms with Crippen molar-refractivity contribution in [3.05, 3.63) is 0 Å². The molecule has 0 fully saturated rings. The van der Waals surface area contributed by atoms with Crippen LogP contribution in [-0.2, 0) is 0 Å². The Morgan fingerprint density at radius 2 is 1.22 bits per heavy atom. The number of aliphatic hydroxyl groups excluding tert-OH is 6. The van der Waals surface area contributed by atoms with E-state index in [1.54, 1.807) is 0 Å². The highest BCUT2D eigenvalue weighted by molar-refractivity contribution is 4.84. The largest absolute Gasteiger partial charge is 0.396 e. The van der Waals surface area contributed by atoms with Crippen molar-refractivity contribution in [2.45, 2.75) is 69.5 Å². The molecule has 0 aliphatic heterocycles. The maximum atomic E-state index is 9.64. The summed E-state index contributed by atoms with van der Waals surface area (Å²) in [5.41, 5.74) is 0. The Morgan fingerprint density at radius 3 is 1.67 bits per heavy atom. The molecule has 0 aromatic carbocycles. The van der Waals surface area contributed by atoms with E-state index in [1.807, 2.05) is 6.92 Å². The van der Waals surface area contributed by atoms with Gasteiger partial charge in [0.15, 0.2) is 0 Å². The van der Waals surface area contributed by atoms with Crippen molar-refractivity contribution in [3.63, 3.8) is 0 Å². The van der Waals surface area contributed by atoms with Gasteiger partial charge in [-0.3, -0.25) is 0 Å². The van der Waals surface area contributed by atoms with Crippen LogP contribution >= 0.6 is 0 Å². The van der Waals surface area contributed by atoms with Gasteiger partial charge in [0.2, 0.25) is 0 Å². The minimum Gasteiger partial charge on any atom is -0.396 e. The van der Waals surface area contributed by atoms with E-state index in [0.29, 0.717) is 25.7 Å². The fraction of sp³-hybridized carbons (Fsp3) is 1.00. The standard InChI is InChI=1S/C12H26O6/c1-2-5-8(14)10(16)12(18)11(17)9(15)6-3-4-7-13/h8-18H,2-7H2,1H3/t8-,9+,10-,11-,12-/m1/s1. The predicted octanol–water partition coefficient (Wildman–Crippen LogP) is -1.25. The van der Waals surface area contributed by atoms with Crippen molar-refractivity contribution in [2.24, 2.45) is 0 Å². The Balaban J connectivity index is 4.17. The van der Waals surface area contributed by atoms with E-state index in [4.69, 9.17) is 5.11 Å². The van der Waals surface area contributed by atoms with Gasteiger partial charge in [0.25, 0.3) is 0 Å². The lowest BCUT2D eigenvalue weighted by molar-refractivity contribution is -0.135. The average Bonchev–Trinajstić information content (AvgIpc) is 2.36. The summed E-state index contributed by atoms with van der Waals surface area (Å²) in [7, 11) is 0. The molecule has 0 aliphatic carbocycles. The highest BCUT2D eigenvalue weighted by Crippen LogP contribution is 2.14. The molecule has 0 aromatic heterocycles. The number of hydrogen-bond donors (Lipinski definition) is 6. The minimum absolute atomic E-state index is 0.00318. The summed E-state index contributed by atoms with van der Waals surface area (Å²) < 4.78 is 0. The third kappa shape index (κ3) is 6.08. The predicted molar refractivity (Wildman–Crippen MR) is 65.9 cm³/mol. The summed E-state index contributed by atoms with van der Waals surface area (Å²) in [4.78, 5) is 0. The van der Waals surface area contributed by atoms with Crippen molar-refractivity contribution in [1.29, 1.82) is 0 Å². The topological polar surface area (TPSA) is 121 Å². The van der Waals surface area contributed by atoms with Crippen LogP contribution in [0, 0.1) is 0 Å². The second-order valence-corrected chi connectivity index (χ2v) is 4.61. The first-order valence-corrected chi connectivity index (χ1v) is 6.46. The lowest BCUT2D eigenvalue weighted by Crippen LogP contribution is -2.49. The molecule has 6 heteroatoms. The third-order valence-corrected chi connectivity index (χ3v) is 2.98. The first-order chi connectivity index (χ1) is 8.45. The zero-order valence-electron chi connectivity index (χ0n) is 10.8. The van der Waals surface area contributed by atoms with E-state index in [-0.39, 0.29) is 13.0 Å². The van der Waals surface area contributed by atoms with Crippen LogP contribution in [0.3, 0.4) is 0 Å². The number of rotatable bonds is 10. The monoisotopic (exact) mass is 266 g/mol. The van der Waals surface area contributed by atoms with Crippen molar-refractivity contribution in [2.75, 3.05) is 6.61 Å². The molecule has 0 unspecified atom stereocenters. The smallest absolute Gasteiger partial charge is 0.111 e. The molecule has 0 aliphatic rings. The summed E-state index contributed by atoms with van der Waals surface area (Å²) in [5.74, 6) is 0. The van der Waals surface area contributed by atoms with Crippen LogP contribution in [0.5, 0.6) is 0 Å². The average molecular weight is 266 g/mol. The molecular weight excluding hydrogens is 240 g/mol. The molecule has 0 saturated heterocycles. The Bertz CT molecular complexity index is 201. The summed E-state index contributed by atoms with van der Waals surface area (Å²) >= 11 is 0. The van der Waals surface area contributed by atoms with Gasteiger partial charge in [0, 0.05) is 6.61 Å². The van der Waals surface area contributed by atoms with Gasteiger partial charge >= 0.3 is 0 Å². The van der Waals surface area contributed by atoms with Gasteiger partial charge in [-0.2, -0.15) is 0 Å². The molecule has 0 heterocycles. The van der Waals surface area contributed by atoms with E-state index in [1.165, 1.54) is 0 Å². The molecule has 5 atom stereocenters. The van der Waals surface area contributed by atoms with Crippen LogP contribution in [-0.4, -0.2) is 67.8 Å². The molecule has 0 saturated carbocycles. The molecule has 6 nitrogen and oxygen atoms in total. The normalized spacial score (nSPS) is 20.2. The van der Waals surface area contributed by atoms with E-state index in [0.717, 1.165) is 0 Å². The van der Waals surface area contributed by atoms with Gasteiger partial charge in [-0.25, -0.2) is 0 Å². The third-order valence-electron chi connectivity index (χ3n) is 2.98. The fourth-order valence-corrected chi connectivity index (χ4v) is 1.76. The summed E-state index contributed by atoms with van der Waals surface area (Å²) in [6.45, 7) is 1.83. The van der Waals surface area contributed by atoms with Gasteiger partial charge in [-0.05, 0) is 25.7 Å². The molecule has 0 aromatic rings. The maximum Gasteiger partial charge on any atom is 0.111 e. The van der Waals surface area contributed by atoms with Crippen molar-refractivity contribution < 1.29 is 30.6 Å². The number of hydrogen-bond acceptors (Lipinski definition) is 6. The maximum absolute atomic E-state index is 9.64. The summed E-state index contributed by atoms with van der Waals surface area (Å²) in [5, 5.41) is 56.5. The second-order valence-electron chi connectivity index (χ2n) is 4.61. The number of aliphatic hydroxyl groups is 6. The van der Waals surface area contributed by atoms with Gasteiger partial charge in [0.05, 0.1) is 12.2 Å². The fourth-order valence-electron chi connectivity index (χ4n) is 1.76. The summed E-state index contributed by atoms with van der Waals surface area (Å²) in [6, 6.07) is 0. The molecule has 0 radical (unpaired) electrons. The van der Waals surface area contributed by atoms with Crippen LogP contribution < -0.4 is 0 Å². The van der Waals surface area contributed by atoms with Crippen LogP contribution in [0.1, 0.15) is 39.0 Å². The van der Waals surface area contributed by atoms with Gasteiger partial charge in [-0.15, -0.1) is 0 Å². The van der Waals surface area contributed by atoms with Gasteiger partial charge in [-0.1, -0.05) is 13.3 Å². The van der Waals surface area contributed by atoms with E-state index in [9.17, 15) is 25.5 Å². The zero-order chi connectivity index (χ0) is 14.1. The number of unbranched alkanes of at least 4 members (excludes halogenated alkanes) is 1. The highest BCUT2D eigenvalue weighted by atomic mass is 16.4. The van der Waals surface area contributed by atoms with E-state index in [2.05, 4.69) is 0 Å². The zero-order valence-corrected chi connectivity index (χ0v) is 10.8. The molecule has 0 spiro atoms. The first kappa shape index (κ1) is 17.8. The molecule has 6 N–H and O–H groups in total. The first-order valence-electron chi connectivity index (χ1n) is 6.46. The quantitative estimate of drug-likeness (QED) is 0.275. The second kappa shape index (κ2) is 9.66. The summed E-state index contributed by atoms with van der Waals surface area (Å²) in [6.07, 6.45) is -4.70. The van der Waals surface area contributed by atoms with Crippen LogP contribution in [0.4, 0.5) is 0 Å². The Labute approximate surface area is 108 Å². The van der Waals surface area contributed by atoms with Crippen molar-refractivity contribution in [3.8, 4) is 0 Å². The Hall–Kier alpha value is -0.240. The lowest BCUT2D eigenvalue weighted by Gasteiger charge is -2.29. The van der Waals surface area contributed by atoms with Crippen molar-refractivity contribution >= 4 is 0 Å². The Morgan fingerprint density at radius 1 is 0.722 bits per heavy atom. The van der Waals surface area contributed by atoms with Crippen LogP contribution in [0.15, 0.2) is 0 Å². The molecular formula is C12H26O6. The molecule has 0 rings (SSSR count). The van der Waals surface area contributed by atoms with Crippen LogP contribution in [0.2, 0.25) is 0 Å². The molecule has 110 valence electrons. The van der Waals surface area contributed by atoms with E-state index < -0.39 is 30.5 Å².